The van der Waals surface area contributed by atoms with Crippen LogP contribution < -0.4 is 15.4 Å². The molecular weight excluding hydrogens is 446 g/mol. The van der Waals surface area contributed by atoms with Gasteiger partial charge in [0.05, 0.1) is 29.8 Å². The molecule has 3 aliphatic rings. The van der Waals surface area contributed by atoms with E-state index in [1.807, 2.05) is 24.4 Å². The van der Waals surface area contributed by atoms with Gasteiger partial charge in [-0.25, -0.2) is 0 Å². The minimum Gasteiger partial charge on any atom is -0.491 e. The number of aromatic nitrogens is 1. The summed E-state index contributed by atoms with van der Waals surface area (Å²) in [5, 5.41) is 7.28. The van der Waals surface area contributed by atoms with Crippen LogP contribution in [0.15, 0.2) is 53.6 Å². The summed E-state index contributed by atoms with van der Waals surface area (Å²) in [6.45, 7) is 0.744. The second kappa shape index (κ2) is 8.95. The van der Waals surface area contributed by atoms with E-state index in [1.165, 1.54) is 22.7 Å². The predicted molar refractivity (Wildman–Crippen MR) is 133 cm³/mol. The third-order valence-electron chi connectivity index (χ3n) is 7.42. The van der Waals surface area contributed by atoms with Gasteiger partial charge < -0.3 is 15.4 Å². The monoisotopic (exact) mass is 473 g/mol. The minimum absolute atomic E-state index is 0.0213. The molecule has 1 aliphatic carbocycles. The highest BCUT2D eigenvalue weighted by Gasteiger charge is 2.32. The number of hydrogen-bond donors (Lipinski definition) is 2. The normalized spacial score (nSPS) is 23.9. The second-order valence-corrected chi connectivity index (χ2v) is 10.5. The second-order valence-electron chi connectivity index (χ2n) is 9.53. The predicted octanol–water partition coefficient (Wildman–Crippen LogP) is 4.82. The Bertz CT molecular complexity index is 1270. The molecule has 1 unspecified atom stereocenters. The van der Waals surface area contributed by atoms with Gasteiger partial charge in [0, 0.05) is 33.4 Å². The maximum atomic E-state index is 12.9. The molecule has 0 radical (unpaired) electrons. The molecule has 0 spiro atoms. The lowest BCUT2D eigenvalue weighted by Gasteiger charge is -2.36. The summed E-state index contributed by atoms with van der Waals surface area (Å²) in [6, 6.07) is 14.0. The lowest BCUT2D eigenvalue weighted by atomic mass is 9.75. The first-order valence-corrected chi connectivity index (χ1v) is 13.0. The van der Waals surface area contributed by atoms with Crippen molar-refractivity contribution >= 4 is 40.2 Å². The Hall–Kier alpha value is -3.06. The number of pyridine rings is 1. The maximum absolute atomic E-state index is 12.9. The van der Waals surface area contributed by atoms with E-state index in [4.69, 9.17) is 4.74 Å². The number of anilines is 1. The fourth-order valence-electron chi connectivity index (χ4n) is 5.56. The van der Waals surface area contributed by atoms with Crippen molar-refractivity contribution in [3.63, 3.8) is 0 Å². The quantitative estimate of drug-likeness (QED) is 0.570. The molecule has 7 heteroatoms. The van der Waals surface area contributed by atoms with Crippen LogP contribution in [0.5, 0.6) is 5.75 Å². The molecule has 1 saturated carbocycles. The molecule has 174 valence electrons. The average Bonchev–Trinajstić information content (AvgIpc) is 2.88. The van der Waals surface area contributed by atoms with Gasteiger partial charge in [0.25, 0.3) is 5.91 Å². The number of hydrogen-bond acceptors (Lipinski definition) is 5. The summed E-state index contributed by atoms with van der Waals surface area (Å²) in [6.07, 6.45) is 7.04. The van der Waals surface area contributed by atoms with E-state index in [1.54, 1.807) is 6.07 Å². The van der Waals surface area contributed by atoms with Gasteiger partial charge >= 0.3 is 0 Å². The van der Waals surface area contributed by atoms with E-state index in [0.717, 1.165) is 60.6 Å². The number of carbonyl (C=O) groups is 2. The first-order chi connectivity index (χ1) is 16.6. The summed E-state index contributed by atoms with van der Waals surface area (Å²) in [5.41, 5.74) is 3.64. The van der Waals surface area contributed by atoms with Gasteiger partial charge in [0.15, 0.2) is 0 Å². The highest BCUT2D eigenvalue weighted by atomic mass is 32.2. The van der Waals surface area contributed by atoms with Crippen molar-refractivity contribution in [2.24, 2.45) is 11.8 Å². The molecule has 6 nitrogen and oxygen atoms in total. The Morgan fingerprint density at radius 2 is 1.94 bits per heavy atom. The van der Waals surface area contributed by atoms with Crippen molar-refractivity contribution in [2.45, 2.75) is 43.0 Å². The molecule has 2 aromatic carbocycles. The lowest BCUT2D eigenvalue weighted by Crippen LogP contribution is -2.40. The van der Waals surface area contributed by atoms with Gasteiger partial charge in [-0.3, -0.25) is 14.6 Å². The van der Waals surface area contributed by atoms with Gasteiger partial charge in [-0.15, -0.1) is 11.8 Å². The van der Waals surface area contributed by atoms with E-state index in [2.05, 4.69) is 33.8 Å². The first-order valence-electron chi connectivity index (χ1n) is 12.0. The van der Waals surface area contributed by atoms with Gasteiger partial charge in [0.2, 0.25) is 5.91 Å². The molecule has 2 N–H and O–H groups in total. The van der Waals surface area contributed by atoms with Crippen molar-refractivity contribution in [3.05, 3.63) is 59.8 Å². The highest BCUT2D eigenvalue weighted by Crippen LogP contribution is 2.39. The zero-order chi connectivity index (χ0) is 23.1. The number of nitrogens with zero attached hydrogens (tertiary/aromatic N) is 1. The average molecular weight is 474 g/mol. The maximum Gasteiger partial charge on any atom is 0.251 e. The SMILES string of the molecule is O=C1CSc2ccc(C(=O)NC3CCC(C4COc5cnc6ccccc6c5C4)CC3)cc2N1. The summed E-state index contributed by atoms with van der Waals surface area (Å²) < 4.78 is 6.14. The van der Waals surface area contributed by atoms with Crippen LogP contribution in [0.1, 0.15) is 41.6 Å². The van der Waals surface area contributed by atoms with Crippen LogP contribution in [0.2, 0.25) is 0 Å². The smallest absolute Gasteiger partial charge is 0.251 e. The Balaban J connectivity index is 1.07. The van der Waals surface area contributed by atoms with Crippen molar-refractivity contribution in [2.75, 3.05) is 17.7 Å². The molecule has 2 amide bonds. The zero-order valence-electron chi connectivity index (χ0n) is 18.9. The van der Waals surface area contributed by atoms with E-state index in [-0.39, 0.29) is 17.9 Å². The van der Waals surface area contributed by atoms with Crippen molar-refractivity contribution in [1.82, 2.24) is 10.3 Å². The largest absolute Gasteiger partial charge is 0.491 e. The molecule has 1 fully saturated rings. The number of ether oxygens (including phenoxy) is 1. The van der Waals surface area contributed by atoms with Crippen molar-refractivity contribution < 1.29 is 14.3 Å². The van der Waals surface area contributed by atoms with Crippen LogP contribution in [0, 0.1) is 11.8 Å². The molecule has 2 aliphatic heterocycles. The van der Waals surface area contributed by atoms with Crippen molar-refractivity contribution in [3.8, 4) is 5.75 Å². The number of benzene rings is 2. The fourth-order valence-corrected chi connectivity index (χ4v) is 6.35. The van der Waals surface area contributed by atoms with Crippen LogP contribution >= 0.6 is 11.8 Å². The Labute approximate surface area is 202 Å². The number of rotatable bonds is 3. The number of amides is 2. The van der Waals surface area contributed by atoms with E-state index >= 15 is 0 Å². The summed E-state index contributed by atoms with van der Waals surface area (Å²) in [7, 11) is 0. The lowest BCUT2D eigenvalue weighted by molar-refractivity contribution is -0.113. The topological polar surface area (TPSA) is 80.3 Å². The fraction of sp³-hybridized carbons (Fsp3) is 0.370. The first kappa shape index (κ1) is 21.5. The number of nitrogens with one attached hydrogen (secondary N) is 2. The number of thioether (sulfide) groups is 1. The molecule has 1 atom stereocenters. The molecule has 3 heterocycles. The van der Waals surface area contributed by atoms with Gasteiger partial charge in [0.1, 0.15) is 5.75 Å². The Kier molecular flexibility index (Phi) is 5.65. The minimum atomic E-state index is -0.0648. The van der Waals surface area contributed by atoms with E-state index in [9.17, 15) is 9.59 Å². The van der Waals surface area contributed by atoms with Crippen LogP contribution in [0.25, 0.3) is 10.9 Å². The molecular formula is C27H27N3O3S. The third kappa shape index (κ3) is 4.13. The van der Waals surface area contributed by atoms with E-state index < -0.39 is 0 Å². The summed E-state index contributed by atoms with van der Waals surface area (Å²) in [4.78, 5) is 30.1. The molecule has 1 aromatic heterocycles. The van der Waals surface area contributed by atoms with E-state index in [0.29, 0.717) is 23.2 Å². The van der Waals surface area contributed by atoms with Gasteiger partial charge in [-0.2, -0.15) is 0 Å². The standard InChI is InChI=1S/C27H27N3O3S/c31-26-15-34-25-10-7-17(12-23(25)30-26)27(32)29-19-8-5-16(6-9-19)18-11-21-20-3-1-2-4-22(20)28-13-24(21)33-14-18/h1-4,7,10,12-13,16,18-19H,5-6,8-9,11,14-15H2,(H,29,32)(H,30,31). The highest BCUT2D eigenvalue weighted by molar-refractivity contribution is 8.00. The zero-order valence-corrected chi connectivity index (χ0v) is 19.7. The van der Waals surface area contributed by atoms with Crippen LogP contribution in [-0.4, -0.2) is 35.2 Å². The third-order valence-corrected chi connectivity index (χ3v) is 8.49. The molecule has 3 aromatic rings. The Morgan fingerprint density at radius 3 is 2.82 bits per heavy atom. The number of carbonyl (C=O) groups excluding carboxylic acids is 2. The molecule has 0 saturated heterocycles. The number of fused-ring (bicyclic) bond motifs is 4. The molecule has 34 heavy (non-hydrogen) atoms. The Morgan fingerprint density at radius 1 is 1.09 bits per heavy atom. The number of para-hydroxylation sites is 1. The van der Waals surface area contributed by atoms with Crippen molar-refractivity contribution in [1.29, 1.82) is 0 Å². The summed E-state index contributed by atoms with van der Waals surface area (Å²) in [5.74, 6) is 2.36. The van der Waals surface area contributed by atoms with Gasteiger partial charge in [-0.1, -0.05) is 18.2 Å². The van der Waals surface area contributed by atoms with Crippen LogP contribution in [0.3, 0.4) is 0 Å². The molecule has 6 rings (SSSR count). The molecule has 0 bridgehead atoms. The summed E-state index contributed by atoms with van der Waals surface area (Å²) >= 11 is 1.51. The van der Waals surface area contributed by atoms with Crippen LogP contribution in [-0.2, 0) is 11.2 Å². The van der Waals surface area contributed by atoms with Crippen LogP contribution in [0.4, 0.5) is 5.69 Å². The van der Waals surface area contributed by atoms with Gasteiger partial charge in [-0.05, 0) is 62.3 Å².